The molecule has 1 heterocycles. The van der Waals surface area contributed by atoms with E-state index in [2.05, 4.69) is 15.9 Å². The maximum Gasteiger partial charge on any atom is 0.261 e. The third-order valence-electron chi connectivity index (χ3n) is 4.56. The molecule has 5 nitrogen and oxygen atoms in total. The summed E-state index contributed by atoms with van der Waals surface area (Å²) in [4.78, 5) is 14.5. The van der Waals surface area contributed by atoms with Gasteiger partial charge in [0.15, 0.2) is 16.4 Å². The van der Waals surface area contributed by atoms with Crippen molar-refractivity contribution in [2.45, 2.75) is 25.9 Å². The van der Waals surface area contributed by atoms with Crippen molar-refractivity contribution in [1.82, 2.24) is 4.90 Å². The molecule has 1 amide bonds. The molecule has 0 spiro atoms. The van der Waals surface area contributed by atoms with Gasteiger partial charge in [-0.3, -0.25) is 4.79 Å². The number of sulfone groups is 1. The molecule has 27 heavy (non-hydrogen) atoms. The fourth-order valence-corrected chi connectivity index (χ4v) is 5.38. The van der Waals surface area contributed by atoms with Gasteiger partial charge in [-0.15, -0.1) is 0 Å². The van der Waals surface area contributed by atoms with E-state index >= 15 is 0 Å². The van der Waals surface area contributed by atoms with E-state index in [-0.39, 0.29) is 30.1 Å². The predicted octanol–water partition coefficient (Wildman–Crippen LogP) is 3.35. The van der Waals surface area contributed by atoms with Crippen molar-refractivity contribution in [2.24, 2.45) is 0 Å². The van der Waals surface area contributed by atoms with Crippen LogP contribution in [-0.2, 0) is 21.2 Å². The Bertz CT molecular complexity index is 929. The van der Waals surface area contributed by atoms with E-state index in [4.69, 9.17) is 4.74 Å². The van der Waals surface area contributed by atoms with Gasteiger partial charge < -0.3 is 9.64 Å². The molecule has 144 valence electrons. The minimum Gasteiger partial charge on any atom is -0.484 e. The van der Waals surface area contributed by atoms with Crippen molar-refractivity contribution in [2.75, 3.05) is 18.1 Å². The number of carbonyl (C=O) groups excluding carboxylic acids is 1. The zero-order valence-corrected chi connectivity index (χ0v) is 17.5. The molecule has 1 aliphatic heterocycles. The summed E-state index contributed by atoms with van der Waals surface area (Å²) in [5.41, 5.74) is 1.99. The first-order valence-corrected chi connectivity index (χ1v) is 11.4. The Morgan fingerprint density at radius 3 is 2.67 bits per heavy atom. The Morgan fingerprint density at radius 2 is 2.00 bits per heavy atom. The van der Waals surface area contributed by atoms with Crippen LogP contribution in [0.5, 0.6) is 5.75 Å². The summed E-state index contributed by atoms with van der Waals surface area (Å²) in [6.07, 6.45) is 0.465. The molecule has 1 fully saturated rings. The van der Waals surface area contributed by atoms with E-state index in [0.29, 0.717) is 18.7 Å². The van der Waals surface area contributed by atoms with Crippen molar-refractivity contribution in [1.29, 1.82) is 0 Å². The van der Waals surface area contributed by atoms with Gasteiger partial charge in [0.1, 0.15) is 5.75 Å². The highest BCUT2D eigenvalue weighted by atomic mass is 79.9. The van der Waals surface area contributed by atoms with Crippen LogP contribution in [-0.4, -0.2) is 43.4 Å². The van der Waals surface area contributed by atoms with Gasteiger partial charge in [-0.05, 0) is 48.7 Å². The number of nitrogens with zero attached hydrogens (tertiary/aromatic N) is 1. The summed E-state index contributed by atoms with van der Waals surface area (Å²) in [5.74, 6) is 0.555. The largest absolute Gasteiger partial charge is 0.484 e. The van der Waals surface area contributed by atoms with Crippen molar-refractivity contribution in [3.63, 3.8) is 0 Å². The fourth-order valence-electron chi connectivity index (χ4n) is 3.21. The lowest BCUT2D eigenvalue weighted by Crippen LogP contribution is -2.43. The SMILES string of the molecule is Cc1cccc(OCC(=O)N(Cc2cccc(Br)c2)C2CCS(=O)(=O)C2)c1. The third kappa shape index (κ3) is 5.56. The summed E-state index contributed by atoms with van der Waals surface area (Å²) in [6, 6.07) is 14.9. The average Bonchev–Trinajstić information content (AvgIpc) is 2.97. The first-order valence-electron chi connectivity index (χ1n) is 8.76. The molecular weight excluding hydrogens is 430 g/mol. The van der Waals surface area contributed by atoms with Crippen LogP contribution in [0.2, 0.25) is 0 Å². The van der Waals surface area contributed by atoms with Gasteiger partial charge in [0.2, 0.25) is 0 Å². The second kappa shape index (κ2) is 8.44. The number of hydrogen-bond donors (Lipinski definition) is 0. The topological polar surface area (TPSA) is 63.7 Å². The van der Waals surface area contributed by atoms with Crippen LogP contribution in [0.15, 0.2) is 53.0 Å². The van der Waals surface area contributed by atoms with Crippen LogP contribution >= 0.6 is 15.9 Å². The van der Waals surface area contributed by atoms with Crippen LogP contribution in [0.1, 0.15) is 17.5 Å². The predicted molar refractivity (Wildman–Crippen MR) is 108 cm³/mol. The Morgan fingerprint density at radius 1 is 1.22 bits per heavy atom. The van der Waals surface area contributed by atoms with Gasteiger partial charge >= 0.3 is 0 Å². The standard InChI is InChI=1S/C20H22BrNO4S/c1-15-4-2-7-19(10-15)26-13-20(23)22(18-8-9-27(24,25)14-18)12-16-5-3-6-17(21)11-16/h2-7,10-11,18H,8-9,12-14H2,1H3. The molecule has 7 heteroatoms. The highest BCUT2D eigenvalue weighted by Crippen LogP contribution is 2.22. The first kappa shape index (κ1) is 19.9. The summed E-state index contributed by atoms with van der Waals surface area (Å²) < 4.78 is 30.4. The second-order valence-corrected chi connectivity index (χ2v) is 9.96. The quantitative estimate of drug-likeness (QED) is 0.675. The number of rotatable bonds is 6. The number of hydrogen-bond acceptors (Lipinski definition) is 4. The van der Waals surface area contributed by atoms with Crippen molar-refractivity contribution in [3.8, 4) is 5.75 Å². The van der Waals surface area contributed by atoms with E-state index in [0.717, 1.165) is 15.6 Å². The van der Waals surface area contributed by atoms with Gasteiger partial charge in [0.05, 0.1) is 11.5 Å². The minimum atomic E-state index is -3.09. The van der Waals surface area contributed by atoms with Gasteiger partial charge in [-0.2, -0.15) is 0 Å². The smallest absolute Gasteiger partial charge is 0.261 e. The number of aryl methyl sites for hydroxylation is 1. The van der Waals surface area contributed by atoms with Crippen molar-refractivity contribution < 1.29 is 17.9 Å². The second-order valence-electron chi connectivity index (χ2n) is 6.81. The fraction of sp³-hybridized carbons (Fsp3) is 0.350. The lowest BCUT2D eigenvalue weighted by atomic mass is 10.1. The molecule has 0 radical (unpaired) electrons. The van der Waals surface area contributed by atoms with E-state index in [1.807, 2.05) is 49.4 Å². The molecule has 0 bridgehead atoms. The molecule has 1 saturated heterocycles. The zero-order chi connectivity index (χ0) is 19.4. The molecule has 1 aliphatic rings. The van der Waals surface area contributed by atoms with Crippen LogP contribution in [0, 0.1) is 6.92 Å². The molecule has 1 unspecified atom stereocenters. The molecule has 0 saturated carbocycles. The Kier molecular flexibility index (Phi) is 6.22. The zero-order valence-electron chi connectivity index (χ0n) is 15.1. The lowest BCUT2D eigenvalue weighted by molar-refractivity contribution is -0.136. The number of ether oxygens (including phenoxy) is 1. The maximum atomic E-state index is 12.9. The monoisotopic (exact) mass is 451 g/mol. The van der Waals surface area contributed by atoms with Gasteiger partial charge in [0.25, 0.3) is 5.91 Å². The highest BCUT2D eigenvalue weighted by Gasteiger charge is 2.34. The van der Waals surface area contributed by atoms with Crippen LogP contribution in [0.25, 0.3) is 0 Å². The number of carbonyl (C=O) groups is 1. The number of benzene rings is 2. The molecule has 3 rings (SSSR count). The normalized spacial score (nSPS) is 18.2. The van der Waals surface area contributed by atoms with Gasteiger partial charge in [-0.25, -0.2) is 8.42 Å². The summed E-state index contributed by atoms with van der Waals surface area (Å²) in [7, 11) is -3.09. The highest BCUT2D eigenvalue weighted by molar-refractivity contribution is 9.10. The van der Waals surface area contributed by atoms with E-state index < -0.39 is 9.84 Å². The number of halogens is 1. The average molecular weight is 452 g/mol. The summed E-state index contributed by atoms with van der Waals surface area (Å²) in [6.45, 7) is 2.20. The third-order valence-corrected chi connectivity index (χ3v) is 6.81. The summed E-state index contributed by atoms with van der Waals surface area (Å²) >= 11 is 3.43. The molecule has 0 N–H and O–H groups in total. The summed E-state index contributed by atoms with van der Waals surface area (Å²) in [5, 5.41) is 0. The van der Waals surface area contributed by atoms with Crippen LogP contribution in [0.3, 0.4) is 0 Å². The van der Waals surface area contributed by atoms with Crippen molar-refractivity contribution >= 4 is 31.7 Å². The molecule has 2 aromatic carbocycles. The van der Waals surface area contributed by atoms with E-state index in [1.165, 1.54) is 0 Å². The van der Waals surface area contributed by atoms with Gasteiger partial charge in [-0.1, -0.05) is 40.2 Å². The maximum absolute atomic E-state index is 12.9. The lowest BCUT2D eigenvalue weighted by Gasteiger charge is -2.28. The van der Waals surface area contributed by atoms with E-state index in [9.17, 15) is 13.2 Å². The molecule has 1 atom stereocenters. The Labute approximate surface area is 168 Å². The van der Waals surface area contributed by atoms with Gasteiger partial charge in [0, 0.05) is 17.1 Å². The minimum absolute atomic E-state index is 0.0111. The van der Waals surface area contributed by atoms with Crippen LogP contribution in [0.4, 0.5) is 0 Å². The first-order chi connectivity index (χ1) is 12.8. The molecule has 2 aromatic rings. The van der Waals surface area contributed by atoms with Crippen molar-refractivity contribution in [3.05, 3.63) is 64.1 Å². The van der Waals surface area contributed by atoms with E-state index in [1.54, 1.807) is 11.0 Å². The van der Waals surface area contributed by atoms with Crippen LogP contribution < -0.4 is 4.74 Å². The molecule has 0 aromatic heterocycles. The molecular formula is C20H22BrNO4S. The molecule has 0 aliphatic carbocycles. The number of amides is 1. The Hall–Kier alpha value is -1.86. The Balaban J connectivity index is 1.75.